The third-order valence-corrected chi connectivity index (χ3v) is 9.15. The molecule has 1 aromatic heterocycles. The molecule has 0 unspecified atom stereocenters. The summed E-state index contributed by atoms with van der Waals surface area (Å²) < 4.78 is 7.61. The van der Waals surface area contributed by atoms with E-state index < -0.39 is 11.7 Å². The minimum Gasteiger partial charge on any atom is -0.443 e. The van der Waals surface area contributed by atoms with Crippen LogP contribution in [0.25, 0.3) is 22.2 Å². The number of fused-ring (bicyclic) bond motifs is 2. The van der Waals surface area contributed by atoms with Gasteiger partial charge in [-0.15, -0.1) is 0 Å². The molecule has 6 rings (SSSR count). The summed E-state index contributed by atoms with van der Waals surface area (Å²) in [6.07, 6.45) is 9.77. The van der Waals surface area contributed by atoms with Gasteiger partial charge in [0.15, 0.2) is 0 Å². The van der Waals surface area contributed by atoms with Crippen molar-refractivity contribution in [1.82, 2.24) is 19.7 Å². The van der Waals surface area contributed by atoms with Crippen molar-refractivity contribution in [2.45, 2.75) is 103 Å². The van der Waals surface area contributed by atoms with Crippen LogP contribution in [0, 0.1) is 0 Å². The van der Waals surface area contributed by atoms with Crippen molar-refractivity contribution in [3.63, 3.8) is 0 Å². The van der Waals surface area contributed by atoms with Gasteiger partial charge in [-0.05, 0) is 108 Å². The molecule has 3 aliphatic rings. The number of hydrogen-bond acceptors (Lipinski definition) is 5. The number of aromatic nitrogens is 1. The minimum atomic E-state index is -0.650. The highest BCUT2D eigenvalue weighted by Crippen LogP contribution is 2.36. The third kappa shape index (κ3) is 6.13. The number of amides is 1. The second kappa shape index (κ2) is 11.8. The Morgan fingerprint density at radius 2 is 1.71 bits per heavy atom. The molecule has 1 aliphatic carbocycles. The van der Waals surface area contributed by atoms with Crippen LogP contribution >= 0.6 is 0 Å². The van der Waals surface area contributed by atoms with Crippen LogP contribution < -0.4 is 5.32 Å². The fourth-order valence-corrected chi connectivity index (χ4v) is 7.11. The predicted octanol–water partition coefficient (Wildman–Crippen LogP) is 7.09. The van der Waals surface area contributed by atoms with Gasteiger partial charge in [-0.3, -0.25) is 14.6 Å². The van der Waals surface area contributed by atoms with Crippen molar-refractivity contribution in [2.24, 2.45) is 0 Å². The summed E-state index contributed by atoms with van der Waals surface area (Å²) in [7, 11) is 2.22. The minimum absolute atomic E-state index is 0.0843. The van der Waals surface area contributed by atoms with E-state index in [2.05, 4.69) is 52.5 Å². The fraction of sp³-hybridized carbons (Fsp3) is 0.543. The van der Waals surface area contributed by atoms with Crippen molar-refractivity contribution in [3.8, 4) is 11.3 Å². The Bertz CT molecular complexity index is 1470. The summed E-state index contributed by atoms with van der Waals surface area (Å²) in [5, 5.41) is 4.02. The Morgan fingerprint density at radius 1 is 0.976 bits per heavy atom. The SMILES string of the molecule is CN(Cc1cc2c(c(-c3cc4cc(CN5CCCCC5)ccc4n3C(=O)OC(C)(C)C)c1)C(=O)NC2)C1CCCCC1. The van der Waals surface area contributed by atoms with Crippen LogP contribution in [0.2, 0.25) is 0 Å². The highest BCUT2D eigenvalue weighted by Gasteiger charge is 2.30. The molecule has 7 nitrogen and oxygen atoms in total. The maximum Gasteiger partial charge on any atom is 0.419 e. The topological polar surface area (TPSA) is 66.8 Å². The second-order valence-electron chi connectivity index (χ2n) is 13.6. The number of hydrogen-bond donors (Lipinski definition) is 1. The molecule has 7 heteroatoms. The first-order valence-corrected chi connectivity index (χ1v) is 15.9. The van der Waals surface area contributed by atoms with E-state index in [1.807, 2.05) is 26.8 Å². The molecular weight excluding hydrogens is 524 g/mol. The molecule has 2 aromatic carbocycles. The molecule has 0 bridgehead atoms. The molecule has 2 fully saturated rings. The van der Waals surface area contributed by atoms with Crippen molar-refractivity contribution >= 4 is 22.9 Å². The largest absolute Gasteiger partial charge is 0.443 e. The van der Waals surface area contributed by atoms with Crippen LogP contribution in [0.4, 0.5) is 4.79 Å². The number of rotatable bonds is 6. The molecule has 3 aromatic rings. The maximum absolute atomic E-state index is 13.8. The lowest BCUT2D eigenvalue weighted by Crippen LogP contribution is -2.32. The number of likely N-dealkylation sites (tertiary alicyclic amines) is 1. The summed E-state index contributed by atoms with van der Waals surface area (Å²) in [5.41, 5.74) is 5.74. The molecule has 1 saturated heterocycles. The van der Waals surface area contributed by atoms with Gasteiger partial charge in [0.25, 0.3) is 5.91 Å². The average Bonchev–Trinajstić information content (AvgIpc) is 3.53. The Labute approximate surface area is 250 Å². The zero-order chi connectivity index (χ0) is 29.4. The van der Waals surface area contributed by atoms with Crippen molar-refractivity contribution in [1.29, 1.82) is 0 Å². The van der Waals surface area contributed by atoms with E-state index in [0.717, 1.165) is 48.2 Å². The highest BCUT2D eigenvalue weighted by atomic mass is 16.6. The van der Waals surface area contributed by atoms with E-state index in [1.54, 1.807) is 4.57 Å². The lowest BCUT2D eigenvalue weighted by molar-refractivity contribution is 0.0547. The van der Waals surface area contributed by atoms with E-state index >= 15 is 0 Å². The summed E-state index contributed by atoms with van der Waals surface area (Å²) in [4.78, 5) is 32.0. The monoisotopic (exact) mass is 570 g/mol. The number of nitrogens with zero attached hydrogens (tertiary/aromatic N) is 3. The van der Waals surface area contributed by atoms with Crippen molar-refractivity contribution < 1.29 is 14.3 Å². The number of ether oxygens (including phenoxy) is 1. The molecular formula is C35H46N4O3. The fourth-order valence-electron chi connectivity index (χ4n) is 7.11. The van der Waals surface area contributed by atoms with E-state index in [9.17, 15) is 9.59 Å². The molecule has 1 N–H and O–H groups in total. The van der Waals surface area contributed by atoms with Gasteiger partial charge in [-0.2, -0.15) is 0 Å². The molecule has 1 amide bonds. The van der Waals surface area contributed by atoms with Gasteiger partial charge in [0.1, 0.15) is 5.60 Å². The molecule has 3 heterocycles. The predicted molar refractivity (Wildman–Crippen MR) is 168 cm³/mol. The van der Waals surface area contributed by atoms with E-state index in [-0.39, 0.29) is 5.91 Å². The Balaban J connectivity index is 1.44. The number of carbonyl (C=O) groups is 2. The molecule has 2 aliphatic heterocycles. The van der Waals surface area contributed by atoms with Gasteiger partial charge in [-0.1, -0.05) is 37.8 Å². The zero-order valence-corrected chi connectivity index (χ0v) is 25.8. The summed E-state index contributed by atoms with van der Waals surface area (Å²) in [5.74, 6) is -0.0843. The van der Waals surface area contributed by atoms with Crippen LogP contribution in [0.1, 0.15) is 99.2 Å². The Kier molecular flexibility index (Phi) is 8.16. The first-order valence-electron chi connectivity index (χ1n) is 15.9. The van der Waals surface area contributed by atoms with Crippen LogP contribution in [0.15, 0.2) is 36.4 Å². The molecule has 0 radical (unpaired) electrons. The highest BCUT2D eigenvalue weighted by molar-refractivity contribution is 6.07. The molecule has 224 valence electrons. The standard InChI is InChI=1S/C35H46N4O3/c1-35(2,3)42-34(41)39-30-14-13-24(23-38-15-9-6-10-16-38)17-26(30)20-31(39)29-19-25(18-27-21-36-33(40)32(27)29)22-37(4)28-11-7-5-8-12-28/h13-14,17-20,28H,5-12,15-16,21-23H2,1-4H3,(H,36,40). The van der Waals surface area contributed by atoms with Crippen molar-refractivity contribution in [2.75, 3.05) is 20.1 Å². The van der Waals surface area contributed by atoms with Gasteiger partial charge in [0.2, 0.25) is 0 Å². The summed E-state index contributed by atoms with van der Waals surface area (Å²) in [6, 6.07) is 13.4. The van der Waals surface area contributed by atoms with Crippen LogP contribution in [0.5, 0.6) is 0 Å². The lowest BCUT2D eigenvalue weighted by atomic mass is 9.93. The first kappa shape index (κ1) is 28.9. The van der Waals surface area contributed by atoms with Gasteiger partial charge in [0.05, 0.1) is 16.8 Å². The van der Waals surface area contributed by atoms with Crippen LogP contribution in [-0.2, 0) is 24.4 Å². The van der Waals surface area contributed by atoms with Gasteiger partial charge in [0, 0.05) is 36.6 Å². The van der Waals surface area contributed by atoms with Crippen LogP contribution in [-0.4, -0.2) is 58.1 Å². The third-order valence-electron chi connectivity index (χ3n) is 9.15. The van der Waals surface area contributed by atoms with E-state index in [0.29, 0.717) is 23.8 Å². The van der Waals surface area contributed by atoms with Gasteiger partial charge in [-0.25, -0.2) is 9.36 Å². The quantitative estimate of drug-likeness (QED) is 0.343. The average molecular weight is 571 g/mol. The number of benzene rings is 2. The van der Waals surface area contributed by atoms with E-state index in [4.69, 9.17) is 4.74 Å². The van der Waals surface area contributed by atoms with Gasteiger partial charge < -0.3 is 10.1 Å². The molecule has 0 atom stereocenters. The number of carbonyl (C=O) groups excluding carboxylic acids is 2. The smallest absolute Gasteiger partial charge is 0.419 e. The van der Waals surface area contributed by atoms with E-state index in [1.165, 1.54) is 62.5 Å². The Hall–Kier alpha value is -3.16. The molecule has 42 heavy (non-hydrogen) atoms. The number of nitrogens with one attached hydrogen (secondary N) is 1. The summed E-state index contributed by atoms with van der Waals surface area (Å²) >= 11 is 0. The Morgan fingerprint density at radius 3 is 2.45 bits per heavy atom. The normalized spacial score (nSPS) is 18.5. The first-order chi connectivity index (χ1) is 20.2. The number of piperidine rings is 1. The molecule has 1 saturated carbocycles. The van der Waals surface area contributed by atoms with Crippen molar-refractivity contribution in [3.05, 3.63) is 58.7 Å². The van der Waals surface area contributed by atoms with Crippen LogP contribution in [0.3, 0.4) is 0 Å². The van der Waals surface area contributed by atoms with Gasteiger partial charge >= 0.3 is 6.09 Å². The maximum atomic E-state index is 13.8. The molecule has 0 spiro atoms. The lowest BCUT2D eigenvalue weighted by Gasteiger charge is -2.31. The zero-order valence-electron chi connectivity index (χ0n) is 25.8. The summed E-state index contributed by atoms with van der Waals surface area (Å²) in [6.45, 7) is 10.2. The second-order valence-corrected chi connectivity index (χ2v) is 13.6.